The molecule has 3 amide bonds. The number of hydrogen-bond donors (Lipinski definition) is 2. The van der Waals surface area contributed by atoms with Crippen LogP contribution in [0.15, 0.2) is 30.6 Å². The van der Waals surface area contributed by atoms with Gasteiger partial charge in [0.2, 0.25) is 11.9 Å². The number of hydrogen-bond acceptors (Lipinski definition) is 10. The maximum absolute atomic E-state index is 13.6. The molecule has 5 heterocycles. The van der Waals surface area contributed by atoms with Gasteiger partial charge in [-0.2, -0.15) is 4.98 Å². The van der Waals surface area contributed by atoms with E-state index >= 15 is 0 Å². The SMILES string of the molecule is Cc1cc(C(=O)N2CCN(C)CC2)ccc1NC(=O)N1CCc2c(-c3cnc(N)nc3)nc(N3CCOCC3)nc21. The van der Waals surface area contributed by atoms with Crippen molar-refractivity contribution in [2.45, 2.75) is 13.3 Å². The van der Waals surface area contributed by atoms with Crippen LogP contribution in [0.2, 0.25) is 0 Å². The molecule has 6 rings (SSSR count). The van der Waals surface area contributed by atoms with E-state index in [-0.39, 0.29) is 17.9 Å². The zero-order valence-electron chi connectivity index (χ0n) is 23.3. The van der Waals surface area contributed by atoms with E-state index in [1.165, 1.54) is 0 Å². The number of nitrogen functional groups attached to an aromatic ring is 1. The Morgan fingerprint density at radius 3 is 2.41 bits per heavy atom. The summed E-state index contributed by atoms with van der Waals surface area (Å²) in [5, 5.41) is 3.03. The van der Waals surface area contributed by atoms with Crippen molar-refractivity contribution >= 4 is 35.3 Å². The van der Waals surface area contributed by atoms with Gasteiger partial charge in [0, 0.05) is 80.6 Å². The maximum atomic E-state index is 13.6. The van der Waals surface area contributed by atoms with E-state index < -0.39 is 0 Å². The monoisotopic (exact) mass is 558 g/mol. The molecule has 0 atom stereocenters. The molecule has 2 aromatic heterocycles. The van der Waals surface area contributed by atoms with E-state index in [1.54, 1.807) is 29.4 Å². The van der Waals surface area contributed by atoms with Crippen LogP contribution in [0.3, 0.4) is 0 Å². The molecule has 13 heteroatoms. The highest BCUT2D eigenvalue weighted by atomic mass is 16.5. The van der Waals surface area contributed by atoms with Gasteiger partial charge in [-0.3, -0.25) is 9.69 Å². The first-order valence-corrected chi connectivity index (χ1v) is 13.9. The van der Waals surface area contributed by atoms with Gasteiger partial charge in [-0.15, -0.1) is 0 Å². The summed E-state index contributed by atoms with van der Waals surface area (Å²) >= 11 is 0. The van der Waals surface area contributed by atoms with E-state index in [4.69, 9.17) is 20.4 Å². The summed E-state index contributed by atoms with van der Waals surface area (Å²) in [5.41, 5.74) is 10.1. The van der Waals surface area contributed by atoms with Gasteiger partial charge in [0.05, 0.1) is 18.9 Å². The standard InChI is InChI=1S/C28H34N10O3/c1-18-15-19(25(39)36-9-7-35(2)8-10-36)3-4-22(18)32-28(40)38-6-5-21-23(20-16-30-26(29)31-17-20)33-27(34-24(21)38)37-11-13-41-14-12-37/h3-4,15-17H,5-14H2,1-2H3,(H,32,40)(H2,29,30,31). The highest BCUT2D eigenvalue weighted by Crippen LogP contribution is 2.36. The minimum atomic E-state index is -0.295. The topological polar surface area (TPSA) is 146 Å². The lowest BCUT2D eigenvalue weighted by Gasteiger charge is -2.32. The normalized spacial score (nSPS) is 17.5. The molecular formula is C28H34N10O3. The Labute approximate surface area is 238 Å². The lowest BCUT2D eigenvalue weighted by Crippen LogP contribution is -2.47. The van der Waals surface area contributed by atoms with E-state index in [2.05, 4.69) is 32.1 Å². The van der Waals surface area contributed by atoms with Gasteiger partial charge >= 0.3 is 6.03 Å². The number of aryl methyl sites for hydroxylation is 1. The zero-order valence-corrected chi connectivity index (χ0v) is 23.3. The summed E-state index contributed by atoms with van der Waals surface area (Å²) in [4.78, 5) is 52.4. The Kier molecular flexibility index (Phi) is 7.37. The predicted molar refractivity (Wildman–Crippen MR) is 155 cm³/mol. The number of ether oxygens (including phenoxy) is 1. The van der Waals surface area contributed by atoms with Crippen LogP contribution in [-0.4, -0.2) is 108 Å². The smallest absolute Gasteiger partial charge is 0.327 e. The van der Waals surface area contributed by atoms with Crippen molar-refractivity contribution in [1.29, 1.82) is 0 Å². The summed E-state index contributed by atoms with van der Waals surface area (Å²) in [7, 11) is 2.06. The zero-order chi connectivity index (χ0) is 28.5. The predicted octanol–water partition coefficient (Wildman–Crippen LogP) is 1.64. The number of nitrogens with zero attached hydrogens (tertiary/aromatic N) is 8. The first kappa shape index (κ1) is 26.8. The van der Waals surface area contributed by atoms with Crippen LogP contribution in [0.4, 0.5) is 28.2 Å². The number of nitrogens with one attached hydrogen (secondary N) is 1. The van der Waals surface area contributed by atoms with Crippen molar-refractivity contribution in [3.8, 4) is 11.3 Å². The quantitative estimate of drug-likeness (QED) is 0.485. The van der Waals surface area contributed by atoms with Gasteiger partial charge in [0.1, 0.15) is 5.82 Å². The average molecular weight is 559 g/mol. The van der Waals surface area contributed by atoms with Crippen LogP contribution in [-0.2, 0) is 11.2 Å². The van der Waals surface area contributed by atoms with Crippen LogP contribution in [0.25, 0.3) is 11.3 Å². The first-order chi connectivity index (χ1) is 19.9. The van der Waals surface area contributed by atoms with Crippen molar-refractivity contribution in [2.24, 2.45) is 0 Å². The second kappa shape index (κ2) is 11.3. The second-order valence-electron chi connectivity index (χ2n) is 10.6. The Bertz CT molecular complexity index is 1450. The molecule has 0 unspecified atom stereocenters. The molecule has 0 aliphatic carbocycles. The molecule has 3 aromatic rings. The fourth-order valence-electron chi connectivity index (χ4n) is 5.36. The van der Waals surface area contributed by atoms with Gasteiger partial charge in [-0.25, -0.2) is 19.7 Å². The number of benzene rings is 1. The van der Waals surface area contributed by atoms with Crippen molar-refractivity contribution in [1.82, 2.24) is 29.7 Å². The van der Waals surface area contributed by atoms with Gasteiger partial charge < -0.3 is 30.5 Å². The van der Waals surface area contributed by atoms with Gasteiger partial charge in [-0.1, -0.05) is 0 Å². The number of amides is 3. The van der Waals surface area contributed by atoms with Crippen LogP contribution in [0.1, 0.15) is 21.5 Å². The summed E-state index contributed by atoms with van der Waals surface area (Å²) in [5.74, 6) is 1.28. The lowest BCUT2D eigenvalue weighted by molar-refractivity contribution is 0.0664. The van der Waals surface area contributed by atoms with Crippen LogP contribution >= 0.6 is 0 Å². The van der Waals surface area contributed by atoms with Crippen LogP contribution < -0.4 is 20.9 Å². The fraction of sp³-hybridized carbons (Fsp3) is 0.429. The number of likely N-dealkylation sites (N-methyl/N-ethyl adjacent to an activating group) is 1. The first-order valence-electron chi connectivity index (χ1n) is 13.9. The third kappa shape index (κ3) is 5.50. The molecule has 13 nitrogen and oxygen atoms in total. The summed E-state index contributed by atoms with van der Waals surface area (Å²) in [6, 6.07) is 5.12. The minimum absolute atomic E-state index is 0.0130. The molecule has 3 N–H and O–H groups in total. The molecule has 0 radical (unpaired) electrons. The Hall–Kier alpha value is -4.36. The number of nitrogens with two attached hydrogens (primary N) is 1. The molecule has 0 bridgehead atoms. The van der Waals surface area contributed by atoms with Gasteiger partial charge in [-0.05, 0) is 44.2 Å². The van der Waals surface area contributed by atoms with Crippen molar-refractivity contribution in [3.05, 3.63) is 47.3 Å². The Morgan fingerprint density at radius 1 is 0.976 bits per heavy atom. The number of aromatic nitrogens is 4. The number of carbonyl (C=O) groups excluding carboxylic acids is 2. The molecule has 214 valence electrons. The molecule has 2 saturated heterocycles. The molecule has 3 aliphatic rings. The van der Waals surface area contributed by atoms with Gasteiger partial charge in [0.15, 0.2) is 0 Å². The number of piperazine rings is 1. The summed E-state index contributed by atoms with van der Waals surface area (Å²) in [6.45, 7) is 7.95. The number of rotatable bonds is 4. The summed E-state index contributed by atoms with van der Waals surface area (Å²) in [6.07, 6.45) is 3.87. The molecule has 0 spiro atoms. The third-order valence-electron chi connectivity index (χ3n) is 7.80. The number of fused-ring (bicyclic) bond motifs is 1. The van der Waals surface area contributed by atoms with E-state index in [1.807, 2.05) is 17.9 Å². The molecule has 1 aromatic carbocycles. The third-order valence-corrected chi connectivity index (χ3v) is 7.80. The molecule has 0 saturated carbocycles. The van der Waals surface area contributed by atoms with Crippen molar-refractivity contribution in [2.75, 3.05) is 86.9 Å². The second-order valence-corrected chi connectivity index (χ2v) is 10.6. The van der Waals surface area contributed by atoms with Crippen molar-refractivity contribution < 1.29 is 14.3 Å². The van der Waals surface area contributed by atoms with E-state index in [9.17, 15) is 9.59 Å². The Balaban J connectivity index is 1.25. The van der Waals surface area contributed by atoms with E-state index in [0.29, 0.717) is 86.6 Å². The number of anilines is 4. The highest BCUT2D eigenvalue weighted by Gasteiger charge is 2.32. The van der Waals surface area contributed by atoms with Crippen LogP contribution in [0.5, 0.6) is 0 Å². The van der Waals surface area contributed by atoms with E-state index in [0.717, 1.165) is 24.2 Å². The number of urea groups is 1. The molecule has 3 aliphatic heterocycles. The largest absolute Gasteiger partial charge is 0.378 e. The Morgan fingerprint density at radius 2 is 1.71 bits per heavy atom. The minimum Gasteiger partial charge on any atom is -0.378 e. The fourth-order valence-corrected chi connectivity index (χ4v) is 5.36. The van der Waals surface area contributed by atoms with Crippen molar-refractivity contribution in [3.63, 3.8) is 0 Å². The number of morpholine rings is 1. The average Bonchev–Trinajstić information content (AvgIpc) is 3.43. The molecule has 41 heavy (non-hydrogen) atoms. The highest BCUT2D eigenvalue weighted by molar-refractivity contribution is 6.04. The number of carbonyl (C=O) groups is 2. The molecular weight excluding hydrogens is 524 g/mol. The maximum Gasteiger partial charge on any atom is 0.327 e. The van der Waals surface area contributed by atoms with Crippen LogP contribution in [0, 0.1) is 6.92 Å². The molecule has 2 fully saturated rings. The summed E-state index contributed by atoms with van der Waals surface area (Å²) < 4.78 is 5.51. The van der Waals surface area contributed by atoms with Gasteiger partial charge in [0.25, 0.3) is 5.91 Å². The lowest BCUT2D eigenvalue weighted by atomic mass is 10.1.